The minimum Gasteiger partial charge on any atom is -0.459 e. The van der Waals surface area contributed by atoms with Crippen LogP contribution >= 0.6 is 0 Å². The second-order valence-electron chi connectivity index (χ2n) is 9.30. The predicted molar refractivity (Wildman–Crippen MR) is 109 cm³/mol. The monoisotopic (exact) mass is 428 g/mol. The number of benzene rings is 1. The number of Topliss-reactive ketones (excluding diaryl/α,β-unsaturated/α-hetero) is 1. The summed E-state index contributed by atoms with van der Waals surface area (Å²) in [6.07, 6.45) is 1.58. The van der Waals surface area contributed by atoms with E-state index in [2.05, 4.69) is 6.92 Å². The minimum atomic E-state index is -0.511. The van der Waals surface area contributed by atoms with E-state index in [1.807, 2.05) is 6.07 Å². The number of esters is 3. The van der Waals surface area contributed by atoms with Crippen molar-refractivity contribution in [2.24, 2.45) is 17.3 Å². The first-order chi connectivity index (χ1) is 14.6. The van der Waals surface area contributed by atoms with Crippen LogP contribution in [0.3, 0.4) is 0 Å². The van der Waals surface area contributed by atoms with E-state index in [0.29, 0.717) is 24.2 Å². The smallest absolute Gasteiger partial charge is 0.308 e. The van der Waals surface area contributed by atoms with Crippen molar-refractivity contribution >= 4 is 23.7 Å². The first kappa shape index (κ1) is 21.5. The Balaban J connectivity index is 1.67. The number of hydrogen-bond acceptors (Lipinski definition) is 7. The number of hydrogen-bond donors (Lipinski definition) is 0. The number of fused-ring (bicyclic) bond motifs is 5. The van der Waals surface area contributed by atoms with E-state index in [1.54, 1.807) is 12.1 Å². The molecule has 1 aromatic carbocycles. The first-order valence-electron chi connectivity index (χ1n) is 10.8. The van der Waals surface area contributed by atoms with Crippen molar-refractivity contribution < 1.29 is 33.4 Å². The molecule has 2 saturated carbocycles. The molecule has 166 valence electrons. The van der Waals surface area contributed by atoms with Gasteiger partial charge in [0.05, 0.1) is 0 Å². The van der Waals surface area contributed by atoms with Crippen molar-refractivity contribution in [3.63, 3.8) is 0 Å². The summed E-state index contributed by atoms with van der Waals surface area (Å²) in [7, 11) is 0. The van der Waals surface area contributed by atoms with Gasteiger partial charge in [-0.2, -0.15) is 0 Å². The Morgan fingerprint density at radius 3 is 2.39 bits per heavy atom. The molecular formula is C24H28O7. The summed E-state index contributed by atoms with van der Waals surface area (Å²) in [6, 6.07) is 5.30. The van der Waals surface area contributed by atoms with Gasteiger partial charge in [0.1, 0.15) is 18.0 Å². The Morgan fingerprint density at radius 2 is 1.74 bits per heavy atom. The van der Waals surface area contributed by atoms with Gasteiger partial charge in [0.15, 0.2) is 5.78 Å². The Morgan fingerprint density at radius 1 is 1.03 bits per heavy atom. The van der Waals surface area contributed by atoms with Crippen molar-refractivity contribution in [1.82, 2.24) is 0 Å². The topological polar surface area (TPSA) is 96.0 Å². The molecule has 6 atom stereocenters. The van der Waals surface area contributed by atoms with Crippen LogP contribution in [0.1, 0.15) is 75.2 Å². The number of ketones is 1. The Labute approximate surface area is 181 Å². The maximum absolute atomic E-state index is 13.1. The number of carbonyl (C=O) groups is 4. The molecule has 7 heteroatoms. The lowest BCUT2D eigenvalue weighted by Gasteiger charge is -2.49. The summed E-state index contributed by atoms with van der Waals surface area (Å²) in [5, 5.41) is 0. The van der Waals surface area contributed by atoms with Crippen LogP contribution in [0.4, 0.5) is 0 Å². The molecule has 0 spiro atoms. The fourth-order valence-corrected chi connectivity index (χ4v) is 6.27. The predicted octanol–water partition coefficient (Wildman–Crippen LogP) is 3.58. The Hall–Kier alpha value is -2.70. The van der Waals surface area contributed by atoms with Crippen molar-refractivity contribution in [1.29, 1.82) is 0 Å². The van der Waals surface area contributed by atoms with Gasteiger partial charge in [-0.05, 0) is 54.7 Å². The van der Waals surface area contributed by atoms with Gasteiger partial charge >= 0.3 is 17.9 Å². The first-order valence-corrected chi connectivity index (χ1v) is 10.8. The highest BCUT2D eigenvalue weighted by Crippen LogP contribution is 2.62. The average molecular weight is 428 g/mol. The van der Waals surface area contributed by atoms with Crippen LogP contribution in [0.2, 0.25) is 0 Å². The summed E-state index contributed by atoms with van der Waals surface area (Å²) in [5.41, 5.74) is 1.25. The van der Waals surface area contributed by atoms with E-state index < -0.39 is 30.1 Å². The van der Waals surface area contributed by atoms with Gasteiger partial charge in [-0.3, -0.25) is 19.2 Å². The van der Waals surface area contributed by atoms with Gasteiger partial charge in [0, 0.05) is 38.2 Å². The molecular weight excluding hydrogens is 400 g/mol. The van der Waals surface area contributed by atoms with Gasteiger partial charge in [0.25, 0.3) is 0 Å². The Bertz CT molecular complexity index is 951. The highest BCUT2D eigenvalue weighted by atomic mass is 16.6. The van der Waals surface area contributed by atoms with Crippen LogP contribution in [-0.2, 0) is 23.9 Å². The highest BCUT2D eigenvalue weighted by Gasteiger charge is 2.61. The molecule has 1 aromatic rings. The van der Waals surface area contributed by atoms with Gasteiger partial charge in [-0.25, -0.2) is 0 Å². The molecule has 7 nitrogen and oxygen atoms in total. The molecule has 0 aliphatic heterocycles. The summed E-state index contributed by atoms with van der Waals surface area (Å²) in [4.78, 5) is 47.9. The molecule has 0 N–H and O–H groups in total. The van der Waals surface area contributed by atoms with E-state index in [4.69, 9.17) is 14.2 Å². The van der Waals surface area contributed by atoms with Crippen LogP contribution in [0.15, 0.2) is 18.2 Å². The summed E-state index contributed by atoms with van der Waals surface area (Å²) >= 11 is 0. The molecule has 2 fully saturated rings. The van der Waals surface area contributed by atoms with Crippen LogP contribution < -0.4 is 4.74 Å². The summed E-state index contributed by atoms with van der Waals surface area (Å²) < 4.78 is 16.4. The molecule has 0 heterocycles. The van der Waals surface area contributed by atoms with Crippen molar-refractivity contribution in [3.05, 3.63) is 29.3 Å². The van der Waals surface area contributed by atoms with E-state index >= 15 is 0 Å². The van der Waals surface area contributed by atoms with Crippen LogP contribution in [-0.4, -0.2) is 35.9 Å². The number of carbonyl (C=O) groups excluding carboxylic acids is 4. The van der Waals surface area contributed by atoms with Gasteiger partial charge in [-0.15, -0.1) is 0 Å². The van der Waals surface area contributed by atoms with E-state index in [0.717, 1.165) is 18.4 Å². The fraction of sp³-hybridized carbons (Fsp3) is 0.583. The van der Waals surface area contributed by atoms with Crippen molar-refractivity contribution in [2.45, 2.75) is 71.5 Å². The molecule has 0 aromatic heterocycles. The van der Waals surface area contributed by atoms with E-state index in [-0.39, 0.29) is 29.0 Å². The zero-order valence-corrected chi connectivity index (χ0v) is 18.3. The quantitative estimate of drug-likeness (QED) is 0.536. The lowest BCUT2D eigenvalue weighted by Crippen LogP contribution is -2.47. The van der Waals surface area contributed by atoms with Gasteiger partial charge < -0.3 is 14.2 Å². The lowest BCUT2D eigenvalue weighted by atomic mass is 9.55. The molecule has 3 aliphatic rings. The molecule has 0 radical (unpaired) electrons. The standard InChI is InChI=1S/C24H28O7/c1-12(25)29-15-5-6-16-17-7-8-24(4)20(18(17)10-21(28)19(16)9-15)11-22(30-13(2)26)23(24)31-14(3)27/h5-6,9,17-18,20,22-23H,7-8,10-11H2,1-4H3/t17?,18?,20?,22-,23?,24+/m1/s1. The van der Waals surface area contributed by atoms with Gasteiger partial charge in [0.2, 0.25) is 0 Å². The third-order valence-corrected chi connectivity index (χ3v) is 7.37. The zero-order valence-electron chi connectivity index (χ0n) is 18.3. The maximum Gasteiger partial charge on any atom is 0.308 e. The lowest BCUT2D eigenvalue weighted by molar-refractivity contribution is -0.171. The SMILES string of the molecule is CC(=O)Oc1ccc2c(c1)C(=O)CC1C2CC[C@@]2(C)C1C[C@@H](OC(C)=O)C2OC(C)=O. The zero-order chi connectivity index (χ0) is 22.5. The second-order valence-corrected chi connectivity index (χ2v) is 9.30. The van der Waals surface area contributed by atoms with Crippen molar-refractivity contribution in [2.75, 3.05) is 0 Å². The molecule has 3 aliphatic carbocycles. The highest BCUT2D eigenvalue weighted by molar-refractivity contribution is 5.99. The molecule has 0 amide bonds. The fourth-order valence-electron chi connectivity index (χ4n) is 6.27. The maximum atomic E-state index is 13.1. The minimum absolute atomic E-state index is 0.0227. The number of ether oxygens (including phenoxy) is 3. The second kappa shape index (κ2) is 7.77. The normalized spacial score (nSPS) is 33.5. The molecule has 0 bridgehead atoms. The summed E-state index contributed by atoms with van der Waals surface area (Å²) in [5.74, 6) is -0.459. The Kier molecular flexibility index (Phi) is 5.40. The molecule has 4 unspecified atom stereocenters. The summed E-state index contributed by atoms with van der Waals surface area (Å²) in [6.45, 7) is 6.15. The molecule has 31 heavy (non-hydrogen) atoms. The van der Waals surface area contributed by atoms with Crippen molar-refractivity contribution in [3.8, 4) is 5.75 Å². The molecule has 4 rings (SSSR count). The average Bonchev–Trinajstić information content (AvgIpc) is 2.93. The third kappa shape index (κ3) is 3.75. The van der Waals surface area contributed by atoms with Crippen LogP contribution in [0.5, 0.6) is 5.75 Å². The third-order valence-electron chi connectivity index (χ3n) is 7.37. The van der Waals surface area contributed by atoms with Crippen LogP contribution in [0.25, 0.3) is 0 Å². The largest absolute Gasteiger partial charge is 0.459 e. The number of rotatable bonds is 3. The van der Waals surface area contributed by atoms with E-state index in [9.17, 15) is 19.2 Å². The van der Waals surface area contributed by atoms with Gasteiger partial charge in [-0.1, -0.05) is 13.0 Å². The van der Waals surface area contributed by atoms with E-state index in [1.165, 1.54) is 20.8 Å². The van der Waals surface area contributed by atoms with Crippen LogP contribution in [0, 0.1) is 17.3 Å². The molecule has 0 saturated heterocycles.